The summed E-state index contributed by atoms with van der Waals surface area (Å²) in [4.78, 5) is 12.3. The van der Waals surface area contributed by atoms with Crippen LogP contribution >= 0.6 is 0 Å². The Kier molecular flexibility index (Phi) is 4.15. The van der Waals surface area contributed by atoms with Crippen LogP contribution in [0, 0.1) is 24.6 Å². The van der Waals surface area contributed by atoms with Gasteiger partial charge in [-0.2, -0.15) is 0 Å². The fourth-order valence-electron chi connectivity index (χ4n) is 2.81. The summed E-state index contributed by atoms with van der Waals surface area (Å²) < 4.78 is 13.5. The zero-order valence-electron chi connectivity index (χ0n) is 11.2. The monoisotopic (exact) mass is 248 g/mol. The Morgan fingerprint density at radius 2 is 1.94 bits per heavy atom. The Morgan fingerprint density at radius 1 is 1.28 bits per heavy atom. The molecule has 0 spiro atoms. The van der Waals surface area contributed by atoms with Crippen LogP contribution in [0.4, 0.5) is 4.39 Å². The molecule has 98 valence electrons. The first-order valence-electron chi connectivity index (χ1n) is 6.92. The molecule has 0 bridgehead atoms. The average Bonchev–Trinajstić information content (AvgIpc) is 2.41. The molecule has 0 aromatic heterocycles. The molecule has 0 amide bonds. The van der Waals surface area contributed by atoms with E-state index in [4.69, 9.17) is 0 Å². The van der Waals surface area contributed by atoms with Crippen LogP contribution in [0.25, 0.3) is 0 Å². The third kappa shape index (κ3) is 2.80. The van der Waals surface area contributed by atoms with E-state index in [-0.39, 0.29) is 17.5 Å². The van der Waals surface area contributed by atoms with Crippen LogP contribution in [-0.2, 0) is 0 Å². The highest BCUT2D eigenvalue weighted by Gasteiger charge is 2.26. The molecule has 0 unspecified atom stereocenters. The van der Waals surface area contributed by atoms with Crippen molar-refractivity contribution in [1.82, 2.24) is 0 Å². The number of ketones is 1. The summed E-state index contributed by atoms with van der Waals surface area (Å²) in [6.07, 6.45) is 5.42. The van der Waals surface area contributed by atoms with Gasteiger partial charge in [-0.15, -0.1) is 0 Å². The number of carbonyl (C=O) groups excluding carboxylic acids is 1. The minimum absolute atomic E-state index is 0.106. The summed E-state index contributed by atoms with van der Waals surface area (Å²) in [5.74, 6) is 0.741. The second kappa shape index (κ2) is 5.64. The van der Waals surface area contributed by atoms with Gasteiger partial charge < -0.3 is 0 Å². The maximum atomic E-state index is 13.5. The number of aryl methyl sites for hydroxylation is 1. The van der Waals surface area contributed by atoms with Gasteiger partial charge in [0.05, 0.1) is 0 Å². The lowest BCUT2D eigenvalue weighted by atomic mass is 9.78. The number of rotatable bonds is 3. The van der Waals surface area contributed by atoms with Crippen molar-refractivity contribution in [3.8, 4) is 0 Å². The highest BCUT2D eigenvalue weighted by atomic mass is 19.1. The van der Waals surface area contributed by atoms with Crippen molar-refractivity contribution in [1.29, 1.82) is 0 Å². The van der Waals surface area contributed by atoms with Gasteiger partial charge in [0.25, 0.3) is 0 Å². The molecule has 0 radical (unpaired) electrons. The van der Waals surface area contributed by atoms with Crippen LogP contribution in [0.3, 0.4) is 0 Å². The summed E-state index contributed by atoms with van der Waals surface area (Å²) in [5.41, 5.74) is 1.14. The second-order valence-corrected chi connectivity index (χ2v) is 5.45. The predicted molar refractivity (Wildman–Crippen MR) is 71.2 cm³/mol. The SMILES string of the molecule is CCC1CCC(C(=O)c2ccc(C)c(F)c2)CC1. The van der Waals surface area contributed by atoms with E-state index in [0.717, 1.165) is 31.6 Å². The summed E-state index contributed by atoms with van der Waals surface area (Å²) in [6, 6.07) is 4.84. The third-order valence-electron chi connectivity index (χ3n) is 4.25. The number of Topliss-reactive ketones (excluding diaryl/α,β-unsaturated/α-hetero) is 1. The summed E-state index contributed by atoms with van der Waals surface area (Å²) in [7, 11) is 0. The van der Waals surface area contributed by atoms with Crippen LogP contribution in [0.2, 0.25) is 0 Å². The normalized spacial score (nSPS) is 23.9. The maximum absolute atomic E-state index is 13.5. The molecule has 1 aliphatic rings. The van der Waals surface area contributed by atoms with Gasteiger partial charge in [0, 0.05) is 11.5 Å². The molecule has 2 rings (SSSR count). The molecular formula is C16H21FO. The van der Waals surface area contributed by atoms with Gasteiger partial charge in [-0.1, -0.05) is 25.5 Å². The minimum Gasteiger partial charge on any atom is -0.294 e. The summed E-state index contributed by atoms with van der Waals surface area (Å²) in [5, 5.41) is 0. The number of hydrogen-bond acceptors (Lipinski definition) is 1. The van der Waals surface area contributed by atoms with Crippen molar-refractivity contribution in [3.63, 3.8) is 0 Å². The molecule has 1 aromatic carbocycles. The van der Waals surface area contributed by atoms with Gasteiger partial charge in [-0.3, -0.25) is 4.79 Å². The summed E-state index contributed by atoms with van der Waals surface area (Å²) >= 11 is 0. The number of hydrogen-bond donors (Lipinski definition) is 0. The van der Waals surface area contributed by atoms with E-state index in [1.54, 1.807) is 19.1 Å². The molecule has 0 saturated heterocycles. The topological polar surface area (TPSA) is 17.1 Å². The van der Waals surface area contributed by atoms with Crippen LogP contribution in [0.15, 0.2) is 18.2 Å². The Balaban J connectivity index is 2.05. The van der Waals surface area contributed by atoms with Crippen molar-refractivity contribution in [2.45, 2.75) is 46.0 Å². The van der Waals surface area contributed by atoms with E-state index in [9.17, 15) is 9.18 Å². The molecule has 18 heavy (non-hydrogen) atoms. The Bertz CT molecular complexity index is 431. The average molecular weight is 248 g/mol. The quantitative estimate of drug-likeness (QED) is 0.718. The molecule has 1 fully saturated rings. The summed E-state index contributed by atoms with van der Waals surface area (Å²) in [6.45, 7) is 3.93. The van der Waals surface area contributed by atoms with Gasteiger partial charge in [0.15, 0.2) is 5.78 Å². The zero-order valence-corrected chi connectivity index (χ0v) is 11.2. The number of carbonyl (C=O) groups is 1. The molecule has 1 aliphatic carbocycles. The highest BCUT2D eigenvalue weighted by Crippen LogP contribution is 2.32. The number of halogens is 1. The fourth-order valence-corrected chi connectivity index (χ4v) is 2.81. The van der Waals surface area contributed by atoms with Gasteiger partial charge in [0.1, 0.15) is 5.82 Å². The first kappa shape index (κ1) is 13.3. The zero-order chi connectivity index (χ0) is 13.1. The largest absolute Gasteiger partial charge is 0.294 e. The van der Waals surface area contributed by atoms with Crippen molar-refractivity contribution in [2.24, 2.45) is 11.8 Å². The molecule has 1 nitrogen and oxygen atoms in total. The molecule has 2 heteroatoms. The lowest BCUT2D eigenvalue weighted by Crippen LogP contribution is -2.21. The smallest absolute Gasteiger partial charge is 0.166 e. The lowest BCUT2D eigenvalue weighted by Gasteiger charge is -2.26. The van der Waals surface area contributed by atoms with E-state index in [1.165, 1.54) is 12.5 Å². The van der Waals surface area contributed by atoms with Crippen LogP contribution in [0.1, 0.15) is 54.9 Å². The Hall–Kier alpha value is -1.18. The molecule has 0 atom stereocenters. The minimum atomic E-state index is -0.275. The lowest BCUT2D eigenvalue weighted by molar-refractivity contribution is 0.0870. The molecule has 1 saturated carbocycles. The van der Waals surface area contributed by atoms with E-state index in [2.05, 4.69) is 6.92 Å². The van der Waals surface area contributed by atoms with Crippen molar-refractivity contribution in [3.05, 3.63) is 35.1 Å². The predicted octanol–water partition coefficient (Wildman–Crippen LogP) is 4.53. The van der Waals surface area contributed by atoms with Crippen LogP contribution in [-0.4, -0.2) is 5.78 Å². The number of benzene rings is 1. The van der Waals surface area contributed by atoms with Crippen LogP contribution in [0.5, 0.6) is 0 Å². The van der Waals surface area contributed by atoms with Gasteiger partial charge in [0.2, 0.25) is 0 Å². The third-order valence-corrected chi connectivity index (χ3v) is 4.25. The van der Waals surface area contributed by atoms with Gasteiger partial charge >= 0.3 is 0 Å². The first-order valence-corrected chi connectivity index (χ1v) is 6.92. The van der Waals surface area contributed by atoms with Gasteiger partial charge in [-0.05, 0) is 50.2 Å². The van der Waals surface area contributed by atoms with Crippen LogP contribution < -0.4 is 0 Å². The molecular weight excluding hydrogens is 227 g/mol. The van der Waals surface area contributed by atoms with E-state index in [0.29, 0.717) is 11.1 Å². The van der Waals surface area contributed by atoms with Gasteiger partial charge in [-0.25, -0.2) is 4.39 Å². The molecule has 1 aromatic rings. The Labute approximate surface area is 108 Å². The fraction of sp³-hybridized carbons (Fsp3) is 0.562. The second-order valence-electron chi connectivity index (χ2n) is 5.45. The Morgan fingerprint density at radius 3 is 2.50 bits per heavy atom. The molecule has 0 aliphatic heterocycles. The first-order chi connectivity index (χ1) is 8.61. The van der Waals surface area contributed by atoms with Crippen molar-refractivity contribution < 1.29 is 9.18 Å². The maximum Gasteiger partial charge on any atom is 0.166 e. The standard InChI is InChI=1S/C16H21FO/c1-3-12-5-8-13(9-6-12)16(18)14-7-4-11(2)15(17)10-14/h4,7,10,12-13H,3,5-6,8-9H2,1-2H3. The van der Waals surface area contributed by atoms with E-state index >= 15 is 0 Å². The van der Waals surface area contributed by atoms with Crippen molar-refractivity contribution in [2.75, 3.05) is 0 Å². The van der Waals surface area contributed by atoms with Crippen molar-refractivity contribution >= 4 is 5.78 Å². The van der Waals surface area contributed by atoms with E-state index in [1.807, 2.05) is 0 Å². The molecule has 0 N–H and O–H groups in total. The van der Waals surface area contributed by atoms with E-state index < -0.39 is 0 Å². The highest BCUT2D eigenvalue weighted by molar-refractivity contribution is 5.97. The molecule has 0 heterocycles.